The fourth-order valence-corrected chi connectivity index (χ4v) is 1.09. The number of nitrogens with one attached hydrogen (secondary N) is 2. The molecule has 1 aromatic heterocycles. The maximum absolute atomic E-state index is 12.5. The third-order valence-corrected chi connectivity index (χ3v) is 2.04. The van der Waals surface area contributed by atoms with Gasteiger partial charge in [0.1, 0.15) is 17.7 Å². The van der Waals surface area contributed by atoms with Crippen LogP contribution in [-0.4, -0.2) is 40.7 Å². The lowest BCUT2D eigenvalue weighted by molar-refractivity contribution is -0.144. The predicted octanol–water partition coefficient (Wildman–Crippen LogP) is -0.205. The van der Waals surface area contributed by atoms with Gasteiger partial charge >= 0.3 is 6.18 Å². The molecule has 1 rings (SSSR count). The van der Waals surface area contributed by atoms with E-state index < -0.39 is 24.0 Å². The zero-order chi connectivity index (χ0) is 14.6. The minimum absolute atomic E-state index is 0.0570. The van der Waals surface area contributed by atoms with Gasteiger partial charge in [0.15, 0.2) is 0 Å². The number of aromatic nitrogens is 2. The topological polar surface area (TPSA) is 113 Å². The molecule has 0 aliphatic heterocycles. The van der Waals surface area contributed by atoms with E-state index in [0.29, 0.717) is 0 Å². The standard InChI is InChI=1S/C9H12F3N5O2/c1-14-5-2-6(15-3-4(18)7(13)19)17-8(16-5)9(10,11)12/h2,4,18H,3H2,1H3,(H2,13,19)(H2,14,15,16,17). The second kappa shape index (κ2) is 5.69. The number of primary amides is 1. The Morgan fingerprint density at radius 2 is 2.05 bits per heavy atom. The van der Waals surface area contributed by atoms with Gasteiger partial charge in [0, 0.05) is 13.1 Å². The molecule has 7 nitrogen and oxygen atoms in total. The lowest BCUT2D eigenvalue weighted by Crippen LogP contribution is -2.34. The van der Waals surface area contributed by atoms with Crippen LogP contribution in [-0.2, 0) is 11.0 Å². The molecule has 1 aromatic rings. The lowest BCUT2D eigenvalue weighted by atomic mass is 10.3. The number of aliphatic hydroxyl groups excluding tert-OH is 1. The second-order valence-electron chi connectivity index (χ2n) is 3.51. The van der Waals surface area contributed by atoms with Crippen LogP contribution in [0.5, 0.6) is 0 Å². The van der Waals surface area contributed by atoms with Gasteiger partial charge in [-0.25, -0.2) is 9.97 Å². The SMILES string of the molecule is CNc1cc(NCC(O)C(N)=O)nc(C(F)(F)F)n1. The molecule has 0 fully saturated rings. The van der Waals surface area contributed by atoms with Crippen LogP contribution in [0.1, 0.15) is 5.82 Å². The lowest BCUT2D eigenvalue weighted by Gasteiger charge is -2.12. The Bertz CT molecular complexity index is 466. The van der Waals surface area contributed by atoms with Gasteiger partial charge in [0.05, 0.1) is 6.54 Å². The van der Waals surface area contributed by atoms with Crippen LogP contribution in [0.2, 0.25) is 0 Å². The van der Waals surface area contributed by atoms with Crippen molar-refractivity contribution in [2.24, 2.45) is 5.73 Å². The minimum Gasteiger partial charge on any atom is -0.381 e. The molecule has 0 bridgehead atoms. The van der Waals surface area contributed by atoms with E-state index in [2.05, 4.69) is 20.6 Å². The molecule has 1 amide bonds. The number of hydrogen-bond donors (Lipinski definition) is 4. The fourth-order valence-electron chi connectivity index (χ4n) is 1.09. The molecule has 0 aromatic carbocycles. The Balaban J connectivity index is 2.92. The van der Waals surface area contributed by atoms with Gasteiger partial charge in [0.2, 0.25) is 11.7 Å². The molecule has 5 N–H and O–H groups in total. The Hall–Kier alpha value is -2.10. The van der Waals surface area contributed by atoms with Crippen molar-refractivity contribution in [2.45, 2.75) is 12.3 Å². The number of nitrogens with two attached hydrogens (primary N) is 1. The van der Waals surface area contributed by atoms with Gasteiger partial charge in [0.25, 0.3) is 0 Å². The smallest absolute Gasteiger partial charge is 0.381 e. The highest BCUT2D eigenvalue weighted by Gasteiger charge is 2.35. The molecular weight excluding hydrogens is 267 g/mol. The minimum atomic E-state index is -4.70. The molecule has 19 heavy (non-hydrogen) atoms. The maximum atomic E-state index is 12.5. The summed E-state index contributed by atoms with van der Waals surface area (Å²) < 4.78 is 37.5. The number of alkyl halides is 3. The highest BCUT2D eigenvalue weighted by molar-refractivity contribution is 5.79. The molecule has 0 saturated carbocycles. The third kappa shape index (κ3) is 4.25. The number of amides is 1. The number of carbonyl (C=O) groups is 1. The molecule has 1 atom stereocenters. The number of anilines is 2. The van der Waals surface area contributed by atoms with E-state index in [1.165, 1.54) is 13.1 Å². The van der Waals surface area contributed by atoms with Gasteiger partial charge < -0.3 is 21.5 Å². The number of halogens is 3. The summed E-state index contributed by atoms with van der Waals surface area (Å²) in [6.45, 7) is -0.354. The van der Waals surface area contributed by atoms with Crippen molar-refractivity contribution in [3.8, 4) is 0 Å². The van der Waals surface area contributed by atoms with Crippen molar-refractivity contribution in [1.29, 1.82) is 0 Å². The largest absolute Gasteiger partial charge is 0.451 e. The zero-order valence-electron chi connectivity index (χ0n) is 9.82. The number of carbonyl (C=O) groups excluding carboxylic acids is 1. The highest BCUT2D eigenvalue weighted by atomic mass is 19.4. The van der Waals surface area contributed by atoms with Crippen LogP contribution in [0.4, 0.5) is 24.8 Å². The Morgan fingerprint density at radius 1 is 1.47 bits per heavy atom. The Labute approximate surface area is 106 Å². The number of hydrogen-bond acceptors (Lipinski definition) is 6. The van der Waals surface area contributed by atoms with Crippen molar-refractivity contribution < 1.29 is 23.1 Å². The molecule has 1 heterocycles. The van der Waals surface area contributed by atoms with Gasteiger partial charge in [-0.15, -0.1) is 0 Å². The number of rotatable bonds is 5. The molecular formula is C9H12F3N5O2. The molecule has 0 saturated heterocycles. The van der Waals surface area contributed by atoms with E-state index in [0.717, 1.165) is 0 Å². The van der Waals surface area contributed by atoms with Gasteiger partial charge in [-0.05, 0) is 0 Å². The molecule has 0 spiro atoms. The first kappa shape index (κ1) is 15.0. The molecule has 0 radical (unpaired) electrons. The van der Waals surface area contributed by atoms with Crippen LogP contribution in [0.3, 0.4) is 0 Å². The molecule has 1 unspecified atom stereocenters. The van der Waals surface area contributed by atoms with Gasteiger partial charge in [-0.1, -0.05) is 0 Å². The van der Waals surface area contributed by atoms with Crippen molar-refractivity contribution in [3.63, 3.8) is 0 Å². The normalized spacial score (nSPS) is 12.9. The Kier molecular flexibility index (Phi) is 4.48. The van der Waals surface area contributed by atoms with Crippen molar-refractivity contribution in [1.82, 2.24) is 9.97 Å². The monoisotopic (exact) mass is 279 g/mol. The second-order valence-corrected chi connectivity index (χ2v) is 3.51. The van der Waals surface area contributed by atoms with E-state index in [9.17, 15) is 18.0 Å². The molecule has 0 aliphatic carbocycles. The van der Waals surface area contributed by atoms with Gasteiger partial charge in [-0.2, -0.15) is 13.2 Å². The van der Waals surface area contributed by atoms with E-state index in [1.807, 2.05) is 0 Å². The summed E-state index contributed by atoms with van der Waals surface area (Å²) in [6, 6.07) is 1.20. The Morgan fingerprint density at radius 3 is 2.53 bits per heavy atom. The van der Waals surface area contributed by atoms with Crippen LogP contribution in [0.25, 0.3) is 0 Å². The van der Waals surface area contributed by atoms with E-state index in [-0.39, 0.29) is 18.2 Å². The van der Waals surface area contributed by atoms with Crippen LogP contribution in [0, 0.1) is 0 Å². The number of nitrogens with zero attached hydrogens (tertiary/aromatic N) is 2. The quantitative estimate of drug-likeness (QED) is 0.593. The molecule has 10 heteroatoms. The average Bonchev–Trinajstić information content (AvgIpc) is 2.34. The van der Waals surface area contributed by atoms with Crippen LogP contribution in [0.15, 0.2) is 6.07 Å². The first-order valence-electron chi connectivity index (χ1n) is 5.09. The summed E-state index contributed by atoms with van der Waals surface area (Å²) in [5.41, 5.74) is 4.80. The van der Waals surface area contributed by atoms with Crippen molar-refractivity contribution in [3.05, 3.63) is 11.9 Å². The van der Waals surface area contributed by atoms with Crippen LogP contribution < -0.4 is 16.4 Å². The molecule has 0 aliphatic rings. The summed E-state index contributed by atoms with van der Waals surface area (Å²) in [7, 11) is 1.39. The summed E-state index contributed by atoms with van der Waals surface area (Å²) >= 11 is 0. The van der Waals surface area contributed by atoms with E-state index >= 15 is 0 Å². The van der Waals surface area contributed by atoms with Crippen LogP contribution >= 0.6 is 0 Å². The summed E-state index contributed by atoms with van der Waals surface area (Å²) in [4.78, 5) is 17.1. The zero-order valence-corrected chi connectivity index (χ0v) is 9.82. The number of aliphatic hydroxyl groups is 1. The predicted molar refractivity (Wildman–Crippen MR) is 60.3 cm³/mol. The summed E-state index contributed by atoms with van der Waals surface area (Å²) in [5, 5.41) is 13.9. The first-order chi connectivity index (χ1) is 8.74. The van der Waals surface area contributed by atoms with Crippen molar-refractivity contribution in [2.75, 3.05) is 24.2 Å². The first-order valence-corrected chi connectivity index (χ1v) is 5.09. The molecule has 106 valence electrons. The van der Waals surface area contributed by atoms with E-state index in [4.69, 9.17) is 10.8 Å². The van der Waals surface area contributed by atoms with E-state index in [1.54, 1.807) is 0 Å². The third-order valence-electron chi connectivity index (χ3n) is 2.04. The highest BCUT2D eigenvalue weighted by Crippen LogP contribution is 2.28. The fraction of sp³-hybridized carbons (Fsp3) is 0.444. The van der Waals surface area contributed by atoms with Gasteiger partial charge in [-0.3, -0.25) is 4.79 Å². The maximum Gasteiger partial charge on any atom is 0.451 e. The average molecular weight is 279 g/mol. The summed E-state index contributed by atoms with van der Waals surface area (Å²) in [5.74, 6) is -2.58. The summed E-state index contributed by atoms with van der Waals surface area (Å²) in [6.07, 6.45) is -6.23. The van der Waals surface area contributed by atoms with Crippen molar-refractivity contribution >= 4 is 17.5 Å².